The van der Waals surface area contributed by atoms with Crippen molar-refractivity contribution in [3.8, 4) is 0 Å². The van der Waals surface area contributed by atoms with Gasteiger partial charge >= 0.3 is 7.82 Å². The summed E-state index contributed by atoms with van der Waals surface area (Å²) in [6.45, 7) is 4.59. The number of hydrogen-bond donors (Lipinski definition) is 3. The number of quaternary nitrogens is 1. The van der Waals surface area contributed by atoms with E-state index in [9.17, 15) is 19.4 Å². The monoisotopic (exact) mass is 980 g/mol. The van der Waals surface area contributed by atoms with E-state index in [1.807, 2.05) is 27.2 Å². The van der Waals surface area contributed by atoms with Gasteiger partial charge < -0.3 is 19.8 Å². The van der Waals surface area contributed by atoms with Crippen LogP contribution < -0.4 is 5.32 Å². The Bertz CT molecular complexity index is 1530. The van der Waals surface area contributed by atoms with Gasteiger partial charge in [0.05, 0.1) is 39.9 Å². The fraction of sp³-hybridized carbons (Fsp3) is 0.650. The van der Waals surface area contributed by atoms with Gasteiger partial charge in [-0.25, -0.2) is 4.57 Å². The van der Waals surface area contributed by atoms with E-state index in [2.05, 4.69) is 129 Å². The van der Waals surface area contributed by atoms with Crippen molar-refractivity contribution in [1.82, 2.24) is 5.32 Å². The lowest BCUT2D eigenvalue weighted by molar-refractivity contribution is -0.870. The largest absolute Gasteiger partial charge is 0.472 e. The Morgan fingerprint density at radius 3 is 1.28 bits per heavy atom. The summed E-state index contributed by atoms with van der Waals surface area (Å²) >= 11 is 0. The van der Waals surface area contributed by atoms with Gasteiger partial charge in [0.2, 0.25) is 5.91 Å². The number of aliphatic hydroxyl groups excluding tert-OH is 1. The van der Waals surface area contributed by atoms with Gasteiger partial charge in [-0.2, -0.15) is 0 Å². The van der Waals surface area contributed by atoms with Gasteiger partial charge in [0.25, 0.3) is 0 Å². The molecule has 0 heterocycles. The predicted octanol–water partition coefficient (Wildman–Crippen LogP) is 16.6. The quantitative estimate of drug-likeness (QED) is 0.0243. The van der Waals surface area contributed by atoms with Crippen molar-refractivity contribution in [1.29, 1.82) is 0 Å². The average molecular weight is 980 g/mol. The fourth-order valence-corrected chi connectivity index (χ4v) is 7.89. The Balaban J connectivity index is 3.89. The zero-order chi connectivity index (χ0) is 50.6. The highest BCUT2D eigenvalue weighted by atomic mass is 31.2. The van der Waals surface area contributed by atoms with Crippen molar-refractivity contribution in [3.05, 3.63) is 122 Å². The number of likely N-dealkylation sites (N-methyl/N-ethyl adjacent to an activating group) is 1. The van der Waals surface area contributed by atoms with Crippen LogP contribution in [0.4, 0.5) is 0 Å². The second-order valence-corrected chi connectivity index (χ2v) is 20.7. The van der Waals surface area contributed by atoms with Gasteiger partial charge in [-0.3, -0.25) is 13.8 Å². The number of phosphoric acid groups is 1. The third-order valence-electron chi connectivity index (χ3n) is 11.4. The summed E-state index contributed by atoms with van der Waals surface area (Å²) in [5.74, 6) is -0.189. The van der Waals surface area contributed by atoms with Crippen LogP contribution in [-0.4, -0.2) is 73.4 Å². The topological polar surface area (TPSA) is 105 Å². The van der Waals surface area contributed by atoms with Gasteiger partial charge in [0.15, 0.2) is 0 Å². The highest BCUT2D eigenvalue weighted by Crippen LogP contribution is 2.43. The standard InChI is InChI=1S/C60H103N2O6P/c1-6-8-10-12-14-15-16-17-18-19-20-21-22-23-24-25-26-27-28-29-30-31-32-33-34-35-36-37-38-39-40-41-42-43-44-45-46-47-48-50-52-54-60(64)61-58(59(63)53-51-49-13-11-9-7-2)57-68-69(65,66)67-56-55-62(3,4)5/h8,10,14-15,17-18,20-21,23-24,26-27,29-30,32-33,35-36,51,53,58-59,63H,6-7,9,11-13,16,19,22,25,28,31,34,37-50,52,54-57H2,1-5H3,(H-,61,64,65,66)/p+1/b10-8-,15-14-,18-17-,21-20-,24-23-,27-26-,30-29-,33-32-,36-35-,53-51+. The zero-order valence-corrected chi connectivity index (χ0v) is 45.6. The number of nitrogens with zero attached hydrogens (tertiary/aromatic N) is 1. The molecule has 3 atom stereocenters. The lowest BCUT2D eigenvalue weighted by atomic mass is 10.0. The summed E-state index contributed by atoms with van der Waals surface area (Å²) in [5.41, 5.74) is 0. The number of carbonyl (C=O) groups excluding carboxylic acids is 1. The van der Waals surface area contributed by atoms with Crippen molar-refractivity contribution in [2.45, 2.75) is 212 Å². The summed E-state index contributed by atoms with van der Waals surface area (Å²) in [6.07, 6.45) is 74.9. The van der Waals surface area contributed by atoms with E-state index >= 15 is 0 Å². The van der Waals surface area contributed by atoms with E-state index in [0.717, 1.165) is 103 Å². The first-order valence-electron chi connectivity index (χ1n) is 27.4. The minimum absolute atomic E-state index is 0.0560. The zero-order valence-electron chi connectivity index (χ0n) is 44.8. The molecule has 0 aromatic heterocycles. The Kier molecular flexibility index (Phi) is 47.6. The van der Waals surface area contributed by atoms with E-state index < -0.39 is 20.0 Å². The van der Waals surface area contributed by atoms with Gasteiger partial charge in [-0.15, -0.1) is 0 Å². The molecule has 3 unspecified atom stereocenters. The van der Waals surface area contributed by atoms with Crippen LogP contribution in [0.25, 0.3) is 0 Å². The number of carbonyl (C=O) groups is 1. The molecule has 0 aliphatic carbocycles. The third kappa shape index (κ3) is 52.6. The summed E-state index contributed by atoms with van der Waals surface area (Å²) < 4.78 is 23.4. The number of nitrogens with one attached hydrogen (secondary N) is 1. The molecule has 1 amide bonds. The first-order valence-corrected chi connectivity index (χ1v) is 28.9. The molecular weight excluding hydrogens is 876 g/mol. The van der Waals surface area contributed by atoms with Gasteiger partial charge in [-0.1, -0.05) is 225 Å². The number of amides is 1. The van der Waals surface area contributed by atoms with Crippen LogP contribution in [0.1, 0.15) is 200 Å². The van der Waals surface area contributed by atoms with Crippen molar-refractivity contribution in [3.63, 3.8) is 0 Å². The molecule has 0 fully saturated rings. The molecule has 0 aliphatic rings. The molecule has 0 radical (unpaired) electrons. The van der Waals surface area contributed by atoms with E-state index in [-0.39, 0.29) is 19.1 Å². The minimum atomic E-state index is -4.33. The van der Waals surface area contributed by atoms with E-state index in [1.165, 1.54) is 77.0 Å². The average Bonchev–Trinajstić information content (AvgIpc) is 3.31. The fourth-order valence-electron chi connectivity index (χ4n) is 7.15. The number of phosphoric ester groups is 1. The number of allylic oxidation sites excluding steroid dienone is 19. The molecule has 0 bridgehead atoms. The lowest BCUT2D eigenvalue weighted by Gasteiger charge is -2.25. The van der Waals surface area contributed by atoms with Crippen LogP contribution in [0.3, 0.4) is 0 Å². The molecule has 3 N–H and O–H groups in total. The van der Waals surface area contributed by atoms with E-state index in [0.29, 0.717) is 17.4 Å². The van der Waals surface area contributed by atoms with E-state index in [1.54, 1.807) is 6.08 Å². The minimum Gasteiger partial charge on any atom is -0.387 e. The van der Waals surface area contributed by atoms with Crippen molar-refractivity contribution < 1.29 is 32.9 Å². The number of hydrogen-bond acceptors (Lipinski definition) is 5. The highest BCUT2D eigenvalue weighted by molar-refractivity contribution is 7.47. The Hall–Kier alpha value is -3.10. The molecule has 394 valence electrons. The van der Waals surface area contributed by atoms with Crippen LogP contribution in [0.15, 0.2) is 122 Å². The lowest BCUT2D eigenvalue weighted by Crippen LogP contribution is -2.45. The molecule has 0 aliphatic heterocycles. The maximum atomic E-state index is 12.8. The Labute approximate surface area is 424 Å². The van der Waals surface area contributed by atoms with Crippen LogP contribution in [0.2, 0.25) is 0 Å². The second kappa shape index (κ2) is 49.9. The van der Waals surface area contributed by atoms with Crippen LogP contribution in [-0.2, 0) is 18.4 Å². The van der Waals surface area contributed by atoms with Crippen LogP contribution in [0, 0.1) is 0 Å². The van der Waals surface area contributed by atoms with Crippen molar-refractivity contribution in [2.24, 2.45) is 0 Å². The van der Waals surface area contributed by atoms with Crippen molar-refractivity contribution >= 4 is 13.7 Å². The number of rotatable bonds is 48. The maximum Gasteiger partial charge on any atom is 0.472 e. The summed E-state index contributed by atoms with van der Waals surface area (Å²) in [7, 11) is 1.55. The molecule has 0 saturated heterocycles. The van der Waals surface area contributed by atoms with Gasteiger partial charge in [-0.05, 0) is 89.9 Å². The predicted molar refractivity (Wildman–Crippen MR) is 299 cm³/mol. The Morgan fingerprint density at radius 2 is 0.870 bits per heavy atom. The molecule has 0 rings (SSSR count). The van der Waals surface area contributed by atoms with Gasteiger partial charge in [0.1, 0.15) is 13.2 Å². The molecule has 0 spiro atoms. The van der Waals surface area contributed by atoms with Crippen LogP contribution in [0.5, 0.6) is 0 Å². The van der Waals surface area contributed by atoms with Crippen molar-refractivity contribution in [2.75, 3.05) is 40.9 Å². The normalized spacial score (nSPS) is 14.9. The third-order valence-corrected chi connectivity index (χ3v) is 12.4. The molecule has 8 nitrogen and oxygen atoms in total. The highest BCUT2D eigenvalue weighted by Gasteiger charge is 2.27. The summed E-state index contributed by atoms with van der Waals surface area (Å²) in [6, 6.07) is -0.850. The van der Waals surface area contributed by atoms with E-state index in [4.69, 9.17) is 9.05 Å². The maximum absolute atomic E-state index is 12.8. The van der Waals surface area contributed by atoms with Crippen LogP contribution >= 0.6 is 7.82 Å². The molecule has 0 aromatic rings. The smallest absolute Gasteiger partial charge is 0.387 e. The van der Waals surface area contributed by atoms with Gasteiger partial charge in [0, 0.05) is 6.42 Å². The molecule has 69 heavy (non-hydrogen) atoms. The molecule has 9 heteroatoms. The number of aliphatic hydroxyl groups is 1. The Morgan fingerprint density at radius 1 is 0.507 bits per heavy atom. The molecular formula is C60H104N2O6P+. The first kappa shape index (κ1) is 65.9. The first-order chi connectivity index (χ1) is 33.5. The molecule has 0 saturated carbocycles. The summed E-state index contributed by atoms with van der Waals surface area (Å²) in [4.78, 5) is 23.0. The molecule has 0 aromatic carbocycles. The second-order valence-electron chi connectivity index (χ2n) is 19.2. The summed E-state index contributed by atoms with van der Waals surface area (Å²) in [5, 5.41) is 13.7. The number of unbranched alkanes of at least 4 members (excludes halogenated alkanes) is 17. The SMILES string of the molecule is CC/C=C\C/C=C\C/C=C\C/C=C\C/C=C\C/C=C\C/C=C\C/C=C\C/C=C\CCCCCCCCCCCCCCCC(=O)NC(COP(=O)(O)OCC[N+](C)(C)C)C(O)/C=C/CCCCCC.